The van der Waals surface area contributed by atoms with E-state index >= 15 is 0 Å². The average molecular weight is 374 g/mol. The van der Waals surface area contributed by atoms with E-state index in [1.165, 1.54) is 30.5 Å². The Labute approximate surface area is 147 Å². The predicted octanol–water partition coefficient (Wildman–Crippen LogP) is 3.88. The zero-order valence-corrected chi connectivity index (χ0v) is 13.9. The number of amides is 1. The molecule has 120 valence electrons. The number of hydrogen-bond donors (Lipinski definition) is 2. The van der Waals surface area contributed by atoms with Crippen LogP contribution < -0.4 is 10.2 Å². The molecule has 0 radical (unpaired) electrons. The third kappa shape index (κ3) is 5.32. The first-order chi connectivity index (χ1) is 11.0. The van der Waals surface area contributed by atoms with E-state index in [2.05, 4.69) is 10.5 Å². The van der Waals surface area contributed by atoms with E-state index in [1.807, 2.05) is 0 Å². The molecule has 0 unspecified atom stereocenters. The minimum absolute atomic E-state index is 0.149. The second kappa shape index (κ2) is 8.06. The summed E-state index contributed by atoms with van der Waals surface area (Å²) in [4.78, 5) is 11.6. The molecular weight excluding hydrogens is 363 g/mol. The average Bonchev–Trinajstić information content (AvgIpc) is 2.48. The summed E-state index contributed by atoms with van der Waals surface area (Å²) >= 11 is 17.7. The lowest BCUT2D eigenvalue weighted by Crippen LogP contribution is -2.24. The lowest BCUT2D eigenvalue weighted by molar-refractivity contribution is -0.123. The second-order valence-electron chi connectivity index (χ2n) is 4.37. The minimum atomic E-state index is -0.484. The number of rotatable bonds is 5. The van der Waals surface area contributed by atoms with Gasteiger partial charge < -0.3 is 9.84 Å². The molecule has 0 aliphatic rings. The molecule has 23 heavy (non-hydrogen) atoms. The van der Waals surface area contributed by atoms with Crippen LogP contribution in [0.15, 0.2) is 41.5 Å². The highest BCUT2D eigenvalue weighted by Gasteiger charge is 2.11. The molecular formula is C15H11Cl3N2O3. The molecule has 0 saturated carbocycles. The van der Waals surface area contributed by atoms with Gasteiger partial charge in [0.25, 0.3) is 5.91 Å². The van der Waals surface area contributed by atoms with Gasteiger partial charge >= 0.3 is 0 Å². The van der Waals surface area contributed by atoms with Gasteiger partial charge in [-0.2, -0.15) is 5.10 Å². The van der Waals surface area contributed by atoms with E-state index in [4.69, 9.17) is 44.6 Å². The van der Waals surface area contributed by atoms with Crippen molar-refractivity contribution < 1.29 is 14.6 Å². The van der Waals surface area contributed by atoms with Crippen molar-refractivity contribution in [2.45, 2.75) is 0 Å². The number of carbonyl (C=O) groups is 1. The van der Waals surface area contributed by atoms with Crippen molar-refractivity contribution in [3.05, 3.63) is 57.0 Å². The van der Waals surface area contributed by atoms with Crippen LogP contribution in [0.4, 0.5) is 0 Å². The third-order valence-corrected chi connectivity index (χ3v) is 3.39. The number of nitrogens with zero attached hydrogens (tertiary/aromatic N) is 1. The van der Waals surface area contributed by atoms with Crippen molar-refractivity contribution in [2.24, 2.45) is 5.10 Å². The second-order valence-corrected chi connectivity index (χ2v) is 5.62. The molecule has 8 heteroatoms. The van der Waals surface area contributed by atoms with Crippen molar-refractivity contribution in [3.63, 3.8) is 0 Å². The zero-order chi connectivity index (χ0) is 16.8. The number of halogens is 3. The molecule has 0 saturated heterocycles. The van der Waals surface area contributed by atoms with E-state index in [-0.39, 0.29) is 28.2 Å². The Balaban J connectivity index is 1.87. The highest BCUT2D eigenvalue weighted by molar-refractivity contribution is 6.40. The molecule has 0 aliphatic heterocycles. The van der Waals surface area contributed by atoms with Crippen molar-refractivity contribution in [1.82, 2.24) is 5.43 Å². The molecule has 2 aromatic carbocycles. The van der Waals surface area contributed by atoms with Gasteiger partial charge in [-0.3, -0.25) is 4.79 Å². The number of aromatic hydroxyl groups is 1. The largest absolute Gasteiger partial charge is 0.508 e. The maximum atomic E-state index is 11.6. The molecule has 2 rings (SSSR count). The molecule has 0 heterocycles. The summed E-state index contributed by atoms with van der Waals surface area (Å²) in [6.45, 7) is -0.312. The fraction of sp³-hybridized carbons (Fsp3) is 0.0667. The van der Waals surface area contributed by atoms with Gasteiger partial charge in [0, 0.05) is 5.02 Å². The van der Waals surface area contributed by atoms with Crippen LogP contribution in [0, 0.1) is 0 Å². The van der Waals surface area contributed by atoms with Crippen LogP contribution in [0.25, 0.3) is 0 Å². The van der Waals surface area contributed by atoms with Crippen LogP contribution in [-0.4, -0.2) is 23.8 Å². The van der Waals surface area contributed by atoms with Gasteiger partial charge in [0.2, 0.25) is 0 Å². The Bertz CT molecular complexity index is 710. The summed E-state index contributed by atoms with van der Waals surface area (Å²) in [7, 11) is 0. The Hall–Kier alpha value is -1.95. The lowest BCUT2D eigenvalue weighted by Gasteiger charge is -2.09. The first-order valence-corrected chi connectivity index (χ1v) is 7.47. The number of hydrazone groups is 1. The Morgan fingerprint density at radius 3 is 2.39 bits per heavy atom. The number of phenols is 1. The van der Waals surface area contributed by atoms with Crippen molar-refractivity contribution in [2.75, 3.05) is 6.61 Å². The van der Waals surface area contributed by atoms with Crippen LogP contribution >= 0.6 is 34.8 Å². The lowest BCUT2D eigenvalue weighted by atomic mass is 10.2. The molecule has 1 amide bonds. The van der Waals surface area contributed by atoms with E-state index in [0.29, 0.717) is 10.6 Å². The van der Waals surface area contributed by atoms with Crippen molar-refractivity contribution in [3.8, 4) is 11.5 Å². The Morgan fingerprint density at radius 2 is 1.78 bits per heavy atom. The number of nitrogens with one attached hydrogen (secondary N) is 1. The minimum Gasteiger partial charge on any atom is -0.508 e. The van der Waals surface area contributed by atoms with Gasteiger partial charge in [0.05, 0.1) is 16.3 Å². The van der Waals surface area contributed by atoms with Crippen LogP contribution in [0.5, 0.6) is 11.5 Å². The summed E-state index contributed by atoms with van der Waals surface area (Å²) < 4.78 is 5.26. The summed E-state index contributed by atoms with van der Waals surface area (Å²) in [6.07, 6.45) is 1.43. The van der Waals surface area contributed by atoms with Gasteiger partial charge in [-0.05, 0) is 42.0 Å². The maximum absolute atomic E-state index is 11.6. The SMILES string of the molecule is O=C(COc1c(Cl)cc(Cl)cc1Cl)NN=Cc1ccc(O)cc1. The highest BCUT2D eigenvalue weighted by atomic mass is 35.5. The summed E-state index contributed by atoms with van der Waals surface area (Å²) in [5.41, 5.74) is 3.01. The van der Waals surface area contributed by atoms with Crippen LogP contribution in [0.1, 0.15) is 5.56 Å². The molecule has 0 spiro atoms. The van der Waals surface area contributed by atoms with Crippen LogP contribution in [0.2, 0.25) is 15.1 Å². The predicted molar refractivity (Wildman–Crippen MR) is 90.8 cm³/mol. The third-order valence-electron chi connectivity index (χ3n) is 2.61. The van der Waals surface area contributed by atoms with Gasteiger partial charge in [0.1, 0.15) is 5.75 Å². The first kappa shape index (κ1) is 17.4. The van der Waals surface area contributed by atoms with Crippen LogP contribution in [0.3, 0.4) is 0 Å². The van der Waals surface area contributed by atoms with Crippen LogP contribution in [-0.2, 0) is 4.79 Å². The fourth-order valence-electron chi connectivity index (χ4n) is 1.58. The number of phenolic OH excluding ortho intramolecular Hbond substituents is 1. The van der Waals surface area contributed by atoms with Gasteiger partial charge in [-0.1, -0.05) is 34.8 Å². The molecule has 0 atom stereocenters. The molecule has 5 nitrogen and oxygen atoms in total. The Morgan fingerprint density at radius 1 is 1.17 bits per heavy atom. The summed E-state index contributed by atoms with van der Waals surface area (Å²) in [6, 6.07) is 9.24. The number of ether oxygens (including phenoxy) is 1. The normalized spacial score (nSPS) is 10.7. The van der Waals surface area contributed by atoms with Crippen molar-refractivity contribution >= 4 is 46.9 Å². The van der Waals surface area contributed by atoms with E-state index in [1.54, 1.807) is 12.1 Å². The van der Waals surface area contributed by atoms with E-state index in [9.17, 15) is 4.79 Å². The quantitative estimate of drug-likeness (QED) is 0.617. The molecule has 2 N–H and O–H groups in total. The number of carbonyl (C=O) groups excluding carboxylic acids is 1. The summed E-state index contributed by atoms with van der Waals surface area (Å²) in [5, 5.41) is 13.7. The first-order valence-electron chi connectivity index (χ1n) is 6.34. The standard InChI is InChI=1S/C15H11Cl3N2O3/c16-10-5-12(17)15(13(18)6-10)23-8-14(22)20-19-7-9-1-3-11(21)4-2-9/h1-7,21H,8H2,(H,20,22). The number of hydrogen-bond acceptors (Lipinski definition) is 4. The topological polar surface area (TPSA) is 70.9 Å². The fourth-order valence-corrected chi connectivity index (χ4v) is 2.50. The van der Waals surface area contributed by atoms with E-state index < -0.39 is 5.91 Å². The summed E-state index contributed by atoms with van der Waals surface area (Å²) in [5.74, 6) is -0.159. The van der Waals surface area contributed by atoms with Gasteiger partial charge in [-0.25, -0.2) is 5.43 Å². The van der Waals surface area contributed by atoms with Crippen molar-refractivity contribution in [1.29, 1.82) is 0 Å². The highest BCUT2D eigenvalue weighted by Crippen LogP contribution is 2.35. The molecule has 0 aromatic heterocycles. The molecule has 0 fully saturated rings. The van der Waals surface area contributed by atoms with E-state index in [0.717, 1.165) is 0 Å². The smallest absolute Gasteiger partial charge is 0.277 e. The molecule has 0 aliphatic carbocycles. The monoisotopic (exact) mass is 372 g/mol. The van der Waals surface area contributed by atoms with Gasteiger partial charge in [0.15, 0.2) is 12.4 Å². The molecule has 0 bridgehead atoms. The maximum Gasteiger partial charge on any atom is 0.277 e. The Kier molecular flexibility index (Phi) is 6.10. The van der Waals surface area contributed by atoms with Gasteiger partial charge in [-0.15, -0.1) is 0 Å². The number of benzene rings is 2. The molecule has 2 aromatic rings. The zero-order valence-electron chi connectivity index (χ0n) is 11.6.